The zero-order chi connectivity index (χ0) is 22.0. The van der Waals surface area contributed by atoms with Crippen LogP contribution in [0.2, 0.25) is 0 Å². The standard InChI is InChI=1S/C7HF15O3S.Na/c8-1(9,2(10,11)4(14,15)6(18,19)20)3(12,13)5(16,17)7(21,22)26(23,24)25;/h(H,23,24,25);/q;+1/p-1. The van der Waals surface area contributed by atoms with Gasteiger partial charge in [0, 0.05) is 0 Å². The van der Waals surface area contributed by atoms with Crippen molar-refractivity contribution in [2.45, 2.75) is 41.0 Å². The van der Waals surface area contributed by atoms with Gasteiger partial charge in [0.05, 0.1) is 0 Å². The van der Waals surface area contributed by atoms with E-state index in [1.165, 1.54) is 0 Å². The van der Waals surface area contributed by atoms with Gasteiger partial charge in [-0.05, 0) is 0 Å². The quantitative estimate of drug-likeness (QED) is 0.328. The fourth-order valence-corrected chi connectivity index (χ4v) is 1.55. The van der Waals surface area contributed by atoms with Gasteiger partial charge in [0.25, 0.3) is 0 Å². The van der Waals surface area contributed by atoms with Gasteiger partial charge in [0.1, 0.15) is 0 Å². The molecular weight excluding hydrogens is 472 g/mol. The molecule has 0 unspecified atom stereocenters. The van der Waals surface area contributed by atoms with Crippen molar-refractivity contribution in [2.75, 3.05) is 0 Å². The van der Waals surface area contributed by atoms with Crippen LogP contribution in [0.25, 0.3) is 0 Å². The minimum absolute atomic E-state index is 0. The molecule has 0 heterocycles. The molecule has 0 rings (SSSR count). The second-order valence-electron chi connectivity index (χ2n) is 4.34. The van der Waals surface area contributed by atoms with Crippen molar-refractivity contribution in [1.82, 2.24) is 0 Å². The van der Waals surface area contributed by atoms with Crippen molar-refractivity contribution in [1.29, 1.82) is 0 Å². The van der Waals surface area contributed by atoms with Crippen LogP contribution in [0.4, 0.5) is 65.9 Å². The summed E-state index contributed by atoms with van der Waals surface area (Å²) < 4.78 is 216. The van der Waals surface area contributed by atoms with Crippen LogP contribution < -0.4 is 29.6 Å². The SMILES string of the molecule is O=S(=O)([O-])C(F)(F)C(F)(F)C(F)(F)C(F)(F)C(F)(F)C(F)(F)C(F)(F)F.[Na+]. The van der Waals surface area contributed by atoms with Crippen molar-refractivity contribution in [2.24, 2.45) is 0 Å². The van der Waals surface area contributed by atoms with E-state index in [9.17, 15) is 78.8 Å². The van der Waals surface area contributed by atoms with E-state index in [2.05, 4.69) is 0 Å². The van der Waals surface area contributed by atoms with Crippen molar-refractivity contribution in [3.05, 3.63) is 0 Å². The van der Waals surface area contributed by atoms with Crippen LogP contribution in [-0.2, 0) is 10.1 Å². The van der Waals surface area contributed by atoms with E-state index in [1.807, 2.05) is 0 Å². The molecule has 0 spiro atoms. The smallest absolute Gasteiger partial charge is 0.743 e. The van der Waals surface area contributed by atoms with Crippen LogP contribution in [0, 0.1) is 0 Å². The van der Waals surface area contributed by atoms with Crippen LogP contribution in [-0.4, -0.2) is 54.0 Å². The number of rotatable bonds is 6. The van der Waals surface area contributed by atoms with Crippen molar-refractivity contribution in [3.8, 4) is 0 Å². The van der Waals surface area contributed by atoms with Crippen molar-refractivity contribution in [3.63, 3.8) is 0 Å². The Morgan fingerprint density at radius 3 is 0.926 bits per heavy atom. The third kappa shape index (κ3) is 3.73. The predicted molar refractivity (Wildman–Crippen MR) is 45.4 cm³/mol. The Bertz CT molecular complexity index is 651. The second-order valence-corrected chi connectivity index (χ2v) is 5.76. The number of hydrogen-bond acceptors (Lipinski definition) is 3. The van der Waals surface area contributed by atoms with Gasteiger partial charge in [0.15, 0.2) is 10.1 Å². The first kappa shape index (κ1) is 29.1. The first-order chi connectivity index (χ1) is 10.8. The minimum atomic E-state index is -8.63. The average Bonchev–Trinajstić information content (AvgIpc) is 2.34. The van der Waals surface area contributed by atoms with E-state index in [4.69, 9.17) is 0 Å². The summed E-state index contributed by atoms with van der Waals surface area (Å²) in [5, 5.41) is -7.81. The van der Waals surface area contributed by atoms with Gasteiger partial charge in [-0.3, -0.25) is 0 Å². The summed E-state index contributed by atoms with van der Waals surface area (Å²) in [7, 11) is -8.01. The fraction of sp³-hybridized carbons (Fsp3) is 1.00. The Morgan fingerprint density at radius 1 is 0.481 bits per heavy atom. The first-order valence-electron chi connectivity index (χ1n) is 5.04. The van der Waals surface area contributed by atoms with Gasteiger partial charge >= 0.3 is 70.6 Å². The van der Waals surface area contributed by atoms with E-state index in [-0.39, 0.29) is 29.6 Å². The van der Waals surface area contributed by atoms with Gasteiger partial charge in [-0.15, -0.1) is 0 Å². The summed E-state index contributed by atoms with van der Waals surface area (Å²) in [6, 6.07) is 0. The molecule has 158 valence electrons. The van der Waals surface area contributed by atoms with E-state index < -0.39 is 51.2 Å². The molecule has 0 aliphatic carbocycles. The molecule has 3 nitrogen and oxygen atoms in total. The predicted octanol–water partition coefficient (Wildman–Crippen LogP) is 0.867. The van der Waals surface area contributed by atoms with Crippen molar-refractivity contribution >= 4 is 10.1 Å². The summed E-state index contributed by atoms with van der Waals surface area (Å²) >= 11 is 0. The number of hydrogen-bond donors (Lipinski definition) is 0. The zero-order valence-corrected chi connectivity index (χ0v) is 14.6. The molecule has 0 atom stereocenters. The van der Waals surface area contributed by atoms with Crippen LogP contribution in [0.1, 0.15) is 0 Å². The number of alkyl halides is 15. The topological polar surface area (TPSA) is 57.2 Å². The van der Waals surface area contributed by atoms with Crippen LogP contribution >= 0.6 is 0 Å². The maximum Gasteiger partial charge on any atom is 1.00 e. The molecule has 0 saturated heterocycles. The molecule has 0 fully saturated rings. The fourth-order valence-electron chi connectivity index (χ4n) is 1.11. The Labute approximate surface area is 159 Å². The van der Waals surface area contributed by atoms with E-state index >= 15 is 0 Å². The maximum atomic E-state index is 12.9. The zero-order valence-electron chi connectivity index (χ0n) is 11.8. The molecule has 0 amide bonds. The number of halogens is 15. The molecule has 0 aromatic heterocycles. The molecule has 0 N–H and O–H groups in total. The monoisotopic (exact) mass is 472 g/mol. The van der Waals surface area contributed by atoms with E-state index in [0.717, 1.165) is 0 Å². The van der Waals surface area contributed by atoms with Crippen molar-refractivity contribution < 1.29 is 108 Å². The Balaban J connectivity index is 0. The summed E-state index contributed by atoms with van der Waals surface area (Å²) in [5.74, 6) is -42.2. The molecule has 0 radical (unpaired) electrons. The molecule has 20 heteroatoms. The Kier molecular flexibility index (Phi) is 7.51. The normalized spacial score (nSPS) is 16.1. The molecule has 0 aliphatic heterocycles. The second kappa shape index (κ2) is 6.98. The average molecular weight is 472 g/mol. The van der Waals surface area contributed by atoms with Crippen LogP contribution in [0.15, 0.2) is 0 Å². The minimum Gasteiger partial charge on any atom is -0.743 e. The molecule has 0 saturated carbocycles. The summed E-state index contributed by atoms with van der Waals surface area (Å²) in [6.45, 7) is 0. The van der Waals surface area contributed by atoms with Gasteiger partial charge < -0.3 is 4.55 Å². The first-order valence-corrected chi connectivity index (χ1v) is 6.45. The summed E-state index contributed by atoms with van der Waals surface area (Å²) in [5.41, 5.74) is 0. The molecule has 0 aromatic carbocycles. The van der Waals surface area contributed by atoms with Gasteiger partial charge in [-0.25, -0.2) is 8.42 Å². The Hall–Kier alpha value is -0.140. The Morgan fingerprint density at radius 2 is 0.704 bits per heavy atom. The third-order valence-electron chi connectivity index (χ3n) is 2.61. The van der Waals surface area contributed by atoms with Gasteiger partial charge in [-0.1, -0.05) is 0 Å². The van der Waals surface area contributed by atoms with E-state index in [1.54, 1.807) is 0 Å². The largest absolute Gasteiger partial charge is 1.00 e. The molecular formula is C7F15NaO3S. The molecule has 0 aliphatic rings. The summed E-state index contributed by atoms with van der Waals surface area (Å²) in [6.07, 6.45) is -7.77. The van der Waals surface area contributed by atoms with Gasteiger partial charge in [0.2, 0.25) is 0 Å². The van der Waals surface area contributed by atoms with Crippen LogP contribution in [0.5, 0.6) is 0 Å². The molecule has 27 heavy (non-hydrogen) atoms. The summed E-state index contributed by atoms with van der Waals surface area (Å²) in [4.78, 5) is 0. The third-order valence-corrected chi connectivity index (χ3v) is 3.50. The molecule has 0 aromatic rings. The van der Waals surface area contributed by atoms with E-state index in [0.29, 0.717) is 0 Å². The maximum absolute atomic E-state index is 12.9. The molecule has 0 bridgehead atoms. The van der Waals surface area contributed by atoms with Crippen LogP contribution in [0.3, 0.4) is 0 Å². The van der Waals surface area contributed by atoms with Gasteiger partial charge in [-0.2, -0.15) is 65.9 Å².